The Labute approximate surface area is 194 Å². The molecule has 1 aliphatic rings. The van der Waals surface area contributed by atoms with Crippen molar-refractivity contribution in [2.75, 3.05) is 25.4 Å². The summed E-state index contributed by atoms with van der Waals surface area (Å²) in [5.41, 5.74) is 7.34. The molecule has 1 saturated heterocycles. The van der Waals surface area contributed by atoms with Gasteiger partial charge in [0.2, 0.25) is 0 Å². The lowest BCUT2D eigenvalue weighted by Gasteiger charge is -2.44. The first-order chi connectivity index (χ1) is 13.3. The van der Waals surface area contributed by atoms with E-state index in [-0.39, 0.29) is 55.2 Å². The van der Waals surface area contributed by atoms with Crippen molar-refractivity contribution in [3.05, 3.63) is 58.9 Å². The van der Waals surface area contributed by atoms with E-state index < -0.39 is 0 Å². The second-order valence-corrected chi connectivity index (χ2v) is 7.71. The molecule has 0 bridgehead atoms. The number of halogens is 4. The van der Waals surface area contributed by atoms with Crippen LogP contribution in [0, 0.1) is 5.82 Å². The highest BCUT2D eigenvalue weighted by Crippen LogP contribution is 2.25. The van der Waals surface area contributed by atoms with Crippen LogP contribution in [0.2, 0.25) is 5.02 Å². The van der Waals surface area contributed by atoms with Crippen LogP contribution in [0.25, 0.3) is 0 Å². The average molecular weight is 479 g/mol. The number of nitrogens with zero attached hydrogens (tertiary/aromatic N) is 2. The molecule has 5 nitrogen and oxygen atoms in total. The number of amides is 1. The summed E-state index contributed by atoms with van der Waals surface area (Å²) in [6.45, 7) is 6.13. The highest BCUT2D eigenvalue weighted by Gasteiger charge is 2.32. The Morgan fingerprint density at radius 3 is 2.43 bits per heavy atom. The molecule has 166 valence electrons. The van der Waals surface area contributed by atoms with E-state index in [0.717, 1.165) is 18.7 Å². The zero-order valence-electron chi connectivity index (χ0n) is 16.9. The lowest BCUT2D eigenvalue weighted by molar-refractivity contribution is -0.139. The summed E-state index contributed by atoms with van der Waals surface area (Å²) in [4.78, 5) is 16.8. The number of carbonyl (C=O) groups is 1. The van der Waals surface area contributed by atoms with E-state index in [1.165, 1.54) is 12.1 Å². The summed E-state index contributed by atoms with van der Waals surface area (Å²) < 4.78 is 18.7. The molecule has 0 radical (unpaired) electrons. The number of carbonyl (C=O) groups excluding carboxylic acids is 1. The van der Waals surface area contributed by atoms with Gasteiger partial charge in [0.05, 0.1) is 5.69 Å². The van der Waals surface area contributed by atoms with Gasteiger partial charge >= 0.3 is 0 Å². The normalized spacial score (nSPS) is 18.9. The molecule has 0 aliphatic carbocycles. The maximum atomic E-state index is 13.1. The predicted octanol–water partition coefficient (Wildman–Crippen LogP) is 4.41. The molecule has 2 aromatic carbocycles. The van der Waals surface area contributed by atoms with E-state index in [4.69, 9.17) is 22.1 Å². The Kier molecular flexibility index (Phi) is 10.2. The number of hydrogen-bond acceptors (Lipinski definition) is 4. The van der Waals surface area contributed by atoms with Gasteiger partial charge in [-0.15, -0.1) is 24.8 Å². The Bertz CT molecular complexity index is 839. The maximum Gasteiger partial charge on any atom is 0.260 e. The Balaban J connectivity index is 0.00000225. The van der Waals surface area contributed by atoms with Crippen molar-refractivity contribution in [1.29, 1.82) is 0 Å². The van der Waals surface area contributed by atoms with Gasteiger partial charge in [0.1, 0.15) is 11.6 Å². The fourth-order valence-electron chi connectivity index (χ4n) is 3.46. The van der Waals surface area contributed by atoms with Crippen LogP contribution in [0.4, 0.5) is 10.1 Å². The molecule has 1 amide bonds. The summed E-state index contributed by atoms with van der Waals surface area (Å²) in [6, 6.07) is 11.7. The highest BCUT2D eigenvalue weighted by atomic mass is 35.5. The minimum atomic E-state index is -0.234. The third-order valence-corrected chi connectivity index (χ3v) is 5.29. The van der Waals surface area contributed by atoms with Crippen molar-refractivity contribution < 1.29 is 13.9 Å². The molecule has 2 atom stereocenters. The third-order valence-electron chi connectivity index (χ3n) is 5.06. The number of piperazine rings is 1. The van der Waals surface area contributed by atoms with Crippen molar-refractivity contribution in [1.82, 2.24) is 9.80 Å². The summed E-state index contributed by atoms with van der Waals surface area (Å²) >= 11 is 5.88. The number of benzene rings is 2. The van der Waals surface area contributed by atoms with Crippen LogP contribution < -0.4 is 10.5 Å². The summed E-state index contributed by atoms with van der Waals surface area (Å²) in [5, 5.41) is 0.524. The minimum Gasteiger partial charge on any atom is -0.482 e. The summed E-state index contributed by atoms with van der Waals surface area (Å²) in [7, 11) is 0. The highest BCUT2D eigenvalue weighted by molar-refractivity contribution is 6.30. The van der Waals surface area contributed by atoms with Crippen molar-refractivity contribution in [2.45, 2.75) is 32.5 Å². The number of nitrogen functional groups attached to an aromatic ring is 1. The molecule has 30 heavy (non-hydrogen) atoms. The van der Waals surface area contributed by atoms with E-state index in [0.29, 0.717) is 23.0 Å². The van der Waals surface area contributed by atoms with Gasteiger partial charge in [0.15, 0.2) is 6.61 Å². The maximum absolute atomic E-state index is 13.1. The Morgan fingerprint density at radius 1 is 1.13 bits per heavy atom. The number of hydrogen-bond donors (Lipinski definition) is 1. The Morgan fingerprint density at radius 2 is 1.80 bits per heavy atom. The summed E-state index contributed by atoms with van der Waals surface area (Å²) in [5.74, 6) is 0.144. The van der Waals surface area contributed by atoms with E-state index in [2.05, 4.69) is 11.8 Å². The molecule has 0 unspecified atom stereocenters. The molecule has 2 aromatic rings. The van der Waals surface area contributed by atoms with Gasteiger partial charge in [0.25, 0.3) is 5.91 Å². The zero-order valence-corrected chi connectivity index (χ0v) is 19.3. The second-order valence-electron chi connectivity index (χ2n) is 7.27. The first-order valence-corrected chi connectivity index (χ1v) is 9.67. The van der Waals surface area contributed by atoms with Crippen LogP contribution in [0.15, 0.2) is 42.5 Å². The minimum absolute atomic E-state index is 0. The predicted molar refractivity (Wildman–Crippen MR) is 123 cm³/mol. The second kappa shape index (κ2) is 11.6. The van der Waals surface area contributed by atoms with Crippen LogP contribution in [-0.4, -0.2) is 47.5 Å². The molecule has 1 aliphatic heterocycles. The van der Waals surface area contributed by atoms with Crippen LogP contribution in [0.5, 0.6) is 5.75 Å². The van der Waals surface area contributed by atoms with Gasteiger partial charge in [-0.05, 0) is 49.7 Å². The topological polar surface area (TPSA) is 58.8 Å². The molecule has 0 aromatic heterocycles. The van der Waals surface area contributed by atoms with Crippen molar-refractivity contribution in [3.63, 3.8) is 0 Å². The molecule has 1 fully saturated rings. The molecular weight excluding hydrogens is 452 g/mol. The molecule has 0 spiro atoms. The van der Waals surface area contributed by atoms with E-state index in [1.54, 1.807) is 30.3 Å². The van der Waals surface area contributed by atoms with Gasteiger partial charge in [0, 0.05) is 36.7 Å². The van der Waals surface area contributed by atoms with Gasteiger partial charge in [-0.2, -0.15) is 0 Å². The van der Waals surface area contributed by atoms with Crippen LogP contribution in [-0.2, 0) is 11.3 Å². The quantitative estimate of drug-likeness (QED) is 0.647. The molecular formula is C21H27Cl3FN3O2. The van der Waals surface area contributed by atoms with Crippen LogP contribution in [0.3, 0.4) is 0 Å². The lowest BCUT2D eigenvalue weighted by atomic mass is 10.1. The zero-order chi connectivity index (χ0) is 20.3. The molecule has 0 saturated carbocycles. The van der Waals surface area contributed by atoms with Crippen LogP contribution >= 0.6 is 36.4 Å². The standard InChI is InChI=1S/C21H25ClFN3O2.2ClH/c1-14-11-26(21(27)13-28-20-8-5-17(22)9-19(20)24)15(2)10-25(14)12-16-3-6-18(23)7-4-16;;/h3-9,14-15H,10-13,24H2,1-2H3;2*1H/t14-,15+;;/m1../s1. The fraction of sp³-hybridized carbons (Fsp3) is 0.381. The third kappa shape index (κ3) is 6.64. The SMILES string of the molecule is C[C@@H]1CN(C(=O)COc2ccc(Cl)cc2N)[C@@H](C)CN1Cc1ccc(F)cc1.Cl.Cl. The van der Waals surface area contributed by atoms with Crippen LogP contribution in [0.1, 0.15) is 19.4 Å². The Hall–Kier alpha value is -1.73. The lowest BCUT2D eigenvalue weighted by Crippen LogP contribution is -2.58. The first-order valence-electron chi connectivity index (χ1n) is 9.29. The van der Waals surface area contributed by atoms with Crippen molar-refractivity contribution in [3.8, 4) is 5.75 Å². The van der Waals surface area contributed by atoms with Crippen molar-refractivity contribution >= 4 is 48.0 Å². The van der Waals surface area contributed by atoms with E-state index >= 15 is 0 Å². The van der Waals surface area contributed by atoms with Gasteiger partial charge in [-0.25, -0.2) is 4.39 Å². The van der Waals surface area contributed by atoms with E-state index in [9.17, 15) is 9.18 Å². The van der Waals surface area contributed by atoms with Crippen molar-refractivity contribution in [2.24, 2.45) is 0 Å². The molecule has 3 rings (SSSR count). The molecule has 2 N–H and O–H groups in total. The average Bonchev–Trinajstić information content (AvgIpc) is 2.65. The number of anilines is 1. The molecule has 9 heteroatoms. The number of nitrogens with two attached hydrogens (primary N) is 1. The first kappa shape index (κ1) is 26.3. The van der Waals surface area contributed by atoms with E-state index in [1.807, 2.05) is 11.8 Å². The molecule has 1 heterocycles. The van der Waals surface area contributed by atoms with Gasteiger partial charge in [-0.3, -0.25) is 9.69 Å². The fourth-order valence-corrected chi connectivity index (χ4v) is 3.64. The number of ether oxygens (including phenoxy) is 1. The van der Waals surface area contributed by atoms with Gasteiger partial charge < -0.3 is 15.4 Å². The number of rotatable bonds is 5. The monoisotopic (exact) mass is 477 g/mol. The van der Waals surface area contributed by atoms with Gasteiger partial charge in [-0.1, -0.05) is 23.7 Å². The largest absolute Gasteiger partial charge is 0.482 e. The summed E-state index contributed by atoms with van der Waals surface area (Å²) in [6.07, 6.45) is 0. The smallest absolute Gasteiger partial charge is 0.260 e.